The molecule has 0 aliphatic heterocycles. The Kier molecular flexibility index (Phi) is 3.86. The number of benzene rings is 1. The minimum absolute atomic E-state index is 0.00207. The lowest BCUT2D eigenvalue weighted by Gasteiger charge is -2.03. The predicted octanol–water partition coefficient (Wildman–Crippen LogP) is 2.64. The van der Waals surface area contributed by atoms with Gasteiger partial charge in [0.25, 0.3) is 5.69 Å². The summed E-state index contributed by atoms with van der Waals surface area (Å²) >= 11 is 7.56. The van der Waals surface area contributed by atoms with Crippen LogP contribution >= 0.6 is 34.2 Å². The van der Waals surface area contributed by atoms with Gasteiger partial charge in [0.2, 0.25) is 0 Å². The van der Waals surface area contributed by atoms with E-state index in [-0.39, 0.29) is 16.3 Å². The summed E-state index contributed by atoms with van der Waals surface area (Å²) in [5.41, 5.74) is -0.304. The van der Waals surface area contributed by atoms with Crippen LogP contribution in [0.5, 0.6) is 0 Å². The van der Waals surface area contributed by atoms with E-state index in [9.17, 15) is 14.9 Å². The van der Waals surface area contributed by atoms with Crippen LogP contribution in [-0.4, -0.2) is 18.0 Å². The van der Waals surface area contributed by atoms with Gasteiger partial charge in [-0.2, -0.15) is 0 Å². The van der Waals surface area contributed by atoms with E-state index in [2.05, 4.69) is 4.74 Å². The minimum Gasteiger partial charge on any atom is -0.465 e. The summed E-state index contributed by atoms with van der Waals surface area (Å²) in [6, 6.07) is 2.72. The lowest BCUT2D eigenvalue weighted by atomic mass is 10.2. The number of nitro benzene ring substituents is 1. The highest BCUT2D eigenvalue weighted by molar-refractivity contribution is 14.1. The smallest absolute Gasteiger partial charge is 0.339 e. The fourth-order valence-electron chi connectivity index (χ4n) is 0.966. The van der Waals surface area contributed by atoms with Crippen LogP contribution in [-0.2, 0) is 4.74 Å². The van der Waals surface area contributed by atoms with E-state index in [1.165, 1.54) is 19.2 Å². The summed E-state index contributed by atoms with van der Waals surface area (Å²) in [7, 11) is 1.18. The van der Waals surface area contributed by atoms with Crippen molar-refractivity contribution in [1.29, 1.82) is 0 Å². The molecule has 0 unspecified atom stereocenters. The first-order chi connectivity index (χ1) is 6.97. The molecule has 0 saturated carbocycles. The van der Waals surface area contributed by atoms with Gasteiger partial charge in [0.15, 0.2) is 0 Å². The van der Waals surface area contributed by atoms with Crippen molar-refractivity contribution in [2.75, 3.05) is 7.11 Å². The molecule has 5 nitrogen and oxygen atoms in total. The highest BCUT2D eigenvalue weighted by Gasteiger charge is 2.21. The summed E-state index contributed by atoms with van der Waals surface area (Å²) in [5.74, 6) is -0.693. The Labute approximate surface area is 104 Å². The van der Waals surface area contributed by atoms with E-state index >= 15 is 0 Å². The molecule has 1 aromatic rings. The fraction of sp³-hybridized carbons (Fsp3) is 0.125. The fourth-order valence-corrected chi connectivity index (χ4v) is 1.83. The first kappa shape index (κ1) is 12.2. The Morgan fingerprint density at radius 1 is 1.60 bits per heavy atom. The molecule has 1 aromatic carbocycles. The van der Waals surface area contributed by atoms with E-state index in [4.69, 9.17) is 11.6 Å². The topological polar surface area (TPSA) is 69.4 Å². The van der Waals surface area contributed by atoms with Crippen LogP contribution in [0.1, 0.15) is 10.4 Å². The zero-order valence-electron chi connectivity index (χ0n) is 7.49. The van der Waals surface area contributed by atoms with Crippen molar-refractivity contribution in [2.45, 2.75) is 0 Å². The summed E-state index contributed by atoms with van der Waals surface area (Å²) in [5, 5.41) is 10.4. The van der Waals surface area contributed by atoms with Crippen LogP contribution in [0.25, 0.3) is 0 Å². The number of hydrogen-bond acceptors (Lipinski definition) is 4. The van der Waals surface area contributed by atoms with Gasteiger partial charge in [-0.3, -0.25) is 10.1 Å². The van der Waals surface area contributed by atoms with Crippen LogP contribution in [0, 0.1) is 13.7 Å². The molecule has 80 valence electrons. The van der Waals surface area contributed by atoms with Gasteiger partial charge in [0, 0.05) is 9.64 Å². The van der Waals surface area contributed by atoms with Gasteiger partial charge in [-0.25, -0.2) is 4.79 Å². The minimum atomic E-state index is -0.693. The molecule has 0 amide bonds. The maximum absolute atomic E-state index is 11.2. The van der Waals surface area contributed by atoms with Crippen molar-refractivity contribution in [2.24, 2.45) is 0 Å². The lowest BCUT2D eigenvalue weighted by molar-refractivity contribution is -0.384. The number of halogens is 2. The third-order valence-electron chi connectivity index (χ3n) is 1.62. The Morgan fingerprint density at radius 3 is 2.67 bits per heavy atom. The molecule has 0 aliphatic carbocycles. The molecule has 1 rings (SSSR count). The second kappa shape index (κ2) is 4.75. The van der Waals surface area contributed by atoms with Gasteiger partial charge < -0.3 is 4.74 Å². The second-order valence-electron chi connectivity index (χ2n) is 2.54. The molecule has 0 saturated heterocycles. The van der Waals surface area contributed by atoms with Crippen molar-refractivity contribution in [3.8, 4) is 0 Å². The maximum atomic E-state index is 11.2. The number of rotatable bonds is 2. The SMILES string of the molecule is COC(=O)c1cc(I)cc([N+](=O)[O-])c1Cl. The third kappa shape index (κ3) is 2.57. The molecule has 0 atom stereocenters. The van der Waals surface area contributed by atoms with E-state index in [1.54, 1.807) is 0 Å². The summed E-state index contributed by atoms with van der Waals surface area (Å²) in [4.78, 5) is 21.2. The van der Waals surface area contributed by atoms with Crippen molar-refractivity contribution in [3.05, 3.63) is 36.4 Å². The zero-order chi connectivity index (χ0) is 11.6. The average molecular weight is 341 g/mol. The summed E-state index contributed by atoms with van der Waals surface area (Å²) in [6.07, 6.45) is 0. The number of carbonyl (C=O) groups is 1. The number of ether oxygens (including phenoxy) is 1. The van der Waals surface area contributed by atoms with Crippen molar-refractivity contribution >= 4 is 45.8 Å². The van der Waals surface area contributed by atoms with Crippen LogP contribution in [0.3, 0.4) is 0 Å². The highest BCUT2D eigenvalue weighted by Crippen LogP contribution is 2.30. The van der Waals surface area contributed by atoms with Gasteiger partial charge in [0.1, 0.15) is 5.02 Å². The van der Waals surface area contributed by atoms with E-state index in [0.29, 0.717) is 3.57 Å². The number of methoxy groups -OCH3 is 1. The van der Waals surface area contributed by atoms with Gasteiger partial charge >= 0.3 is 5.97 Å². The van der Waals surface area contributed by atoms with Gasteiger partial charge in [-0.15, -0.1) is 0 Å². The molecule has 0 fully saturated rings. The highest BCUT2D eigenvalue weighted by atomic mass is 127. The number of hydrogen-bond donors (Lipinski definition) is 0. The standard InChI is InChI=1S/C8H5ClINO4/c1-15-8(12)5-2-4(10)3-6(7(5)9)11(13)14/h2-3H,1H3. The largest absolute Gasteiger partial charge is 0.465 e. The van der Waals surface area contributed by atoms with E-state index < -0.39 is 10.9 Å². The second-order valence-corrected chi connectivity index (χ2v) is 4.16. The van der Waals surface area contributed by atoms with Gasteiger partial charge in [-0.1, -0.05) is 11.6 Å². The molecule has 0 N–H and O–H groups in total. The quantitative estimate of drug-likeness (QED) is 0.359. The summed E-state index contributed by atoms with van der Waals surface area (Å²) < 4.78 is 5.00. The lowest BCUT2D eigenvalue weighted by Crippen LogP contribution is -2.04. The molecule has 0 aliphatic rings. The Bertz CT molecular complexity index is 435. The van der Waals surface area contributed by atoms with E-state index in [1.807, 2.05) is 22.6 Å². The van der Waals surface area contributed by atoms with Crippen molar-refractivity contribution < 1.29 is 14.5 Å². The molecular formula is C8H5ClINO4. The molecule has 0 bridgehead atoms. The Hall–Kier alpha value is -0.890. The van der Waals surface area contributed by atoms with Crippen LogP contribution in [0.15, 0.2) is 12.1 Å². The van der Waals surface area contributed by atoms with Gasteiger partial charge in [0.05, 0.1) is 17.6 Å². The average Bonchev–Trinajstić information content (AvgIpc) is 2.19. The molecule has 0 aromatic heterocycles. The number of carbonyl (C=O) groups excluding carboxylic acids is 1. The molecule has 0 spiro atoms. The Balaban J connectivity index is 3.41. The predicted molar refractivity (Wildman–Crippen MR) is 62.2 cm³/mol. The third-order valence-corrected chi connectivity index (χ3v) is 2.64. The monoisotopic (exact) mass is 341 g/mol. The number of esters is 1. The first-order valence-corrected chi connectivity index (χ1v) is 5.14. The molecule has 7 heteroatoms. The van der Waals surface area contributed by atoms with Crippen LogP contribution in [0.2, 0.25) is 5.02 Å². The maximum Gasteiger partial charge on any atom is 0.339 e. The van der Waals surface area contributed by atoms with Crippen LogP contribution < -0.4 is 0 Å². The molecular weight excluding hydrogens is 336 g/mol. The zero-order valence-corrected chi connectivity index (χ0v) is 10.4. The van der Waals surface area contributed by atoms with E-state index in [0.717, 1.165) is 0 Å². The molecule has 0 heterocycles. The molecule has 0 radical (unpaired) electrons. The number of nitro groups is 1. The van der Waals surface area contributed by atoms with Gasteiger partial charge in [-0.05, 0) is 28.7 Å². The van der Waals surface area contributed by atoms with Crippen molar-refractivity contribution in [1.82, 2.24) is 0 Å². The van der Waals surface area contributed by atoms with Crippen LogP contribution in [0.4, 0.5) is 5.69 Å². The normalized spacial score (nSPS) is 9.80. The number of nitrogens with zero attached hydrogens (tertiary/aromatic N) is 1. The summed E-state index contributed by atoms with van der Waals surface area (Å²) in [6.45, 7) is 0. The first-order valence-electron chi connectivity index (χ1n) is 3.69. The molecule has 15 heavy (non-hydrogen) atoms. The van der Waals surface area contributed by atoms with Crippen molar-refractivity contribution in [3.63, 3.8) is 0 Å². The Morgan fingerprint density at radius 2 is 2.20 bits per heavy atom.